The number of halogens is 1. The van der Waals surface area contributed by atoms with Gasteiger partial charge in [-0.1, -0.05) is 35.9 Å². The van der Waals surface area contributed by atoms with E-state index in [1.165, 1.54) is 4.63 Å². The van der Waals surface area contributed by atoms with Gasteiger partial charge in [0.15, 0.2) is 5.82 Å². The van der Waals surface area contributed by atoms with Crippen molar-refractivity contribution >= 4 is 39.7 Å². The summed E-state index contributed by atoms with van der Waals surface area (Å²) in [6.45, 7) is 2.60. The molecule has 2 aromatic heterocycles. The summed E-state index contributed by atoms with van der Waals surface area (Å²) in [5.41, 5.74) is 1.28. The van der Waals surface area contributed by atoms with Crippen LogP contribution >= 0.6 is 11.6 Å². The number of rotatable bonds is 2. The molecule has 0 atom stereocenters. The summed E-state index contributed by atoms with van der Waals surface area (Å²) in [7, 11) is 0. The highest BCUT2D eigenvalue weighted by atomic mass is 35.5. The van der Waals surface area contributed by atoms with Gasteiger partial charge in [0.2, 0.25) is 5.65 Å². The van der Waals surface area contributed by atoms with E-state index in [1.807, 2.05) is 29.2 Å². The minimum atomic E-state index is 0.0186. The number of nitrogens with zero attached hydrogens (tertiary/aromatic N) is 7. The van der Waals surface area contributed by atoms with Gasteiger partial charge in [0, 0.05) is 47.5 Å². The lowest BCUT2D eigenvalue weighted by Gasteiger charge is -2.35. The lowest BCUT2D eigenvalue weighted by atomic mass is 10.1. The van der Waals surface area contributed by atoms with Crippen LogP contribution in [0.3, 0.4) is 0 Å². The third kappa shape index (κ3) is 2.82. The second-order valence-electron chi connectivity index (χ2n) is 6.65. The van der Waals surface area contributed by atoms with Gasteiger partial charge in [-0.15, -0.1) is 14.8 Å². The minimum Gasteiger partial charge on any atom is -0.351 e. The van der Waals surface area contributed by atoms with Crippen molar-refractivity contribution in [3.63, 3.8) is 0 Å². The molecule has 5 rings (SSSR count). The largest absolute Gasteiger partial charge is 0.351 e. The number of amides is 1. The molecule has 4 aromatic rings. The quantitative estimate of drug-likeness (QED) is 0.520. The number of anilines is 1. The van der Waals surface area contributed by atoms with E-state index in [9.17, 15) is 4.79 Å². The smallest absolute Gasteiger partial charge is 0.253 e. The summed E-state index contributed by atoms with van der Waals surface area (Å²) in [5.74, 6) is 0.846. The van der Waals surface area contributed by atoms with E-state index < -0.39 is 0 Å². The first-order valence-electron chi connectivity index (χ1n) is 8.97. The molecule has 28 heavy (non-hydrogen) atoms. The summed E-state index contributed by atoms with van der Waals surface area (Å²) in [6.07, 6.45) is 0. The van der Waals surface area contributed by atoms with Crippen LogP contribution in [0.1, 0.15) is 10.4 Å². The van der Waals surface area contributed by atoms with Gasteiger partial charge < -0.3 is 9.80 Å². The molecule has 0 radical (unpaired) electrons. The van der Waals surface area contributed by atoms with Gasteiger partial charge in [0.05, 0.1) is 0 Å². The van der Waals surface area contributed by atoms with Crippen molar-refractivity contribution < 1.29 is 4.79 Å². The van der Waals surface area contributed by atoms with E-state index in [0.29, 0.717) is 42.4 Å². The van der Waals surface area contributed by atoms with Crippen molar-refractivity contribution in [3.8, 4) is 0 Å². The lowest BCUT2D eigenvalue weighted by Crippen LogP contribution is -2.49. The molecular weight excluding hydrogens is 378 g/mol. The van der Waals surface area contributed by atoms with E-state index in [4.69, 9.17) is 11.6 Å². The van der Waals surface area contributed by atoms with Gasteiger partial charge >= 0.3 is 0 Å². The summed E-state index contributed by atoms with van der Waals surface area (Å²) < 4.78 is 1.46. The molecule has 1 aliphatic rings. The fourth-order valence-corrected chi connectivity index (χ4v) is 3.68. The van der Waals surface area contributed by atoms with Gasteiger partial charge in [-0.2, -0.15) is 0 Å². The van der Waals surface area contributed by atoms with Crippen molar-refractivity contribution in [2.24, 2.45) is 0 Å². The van der Waals surface area contributed by atoms with Crippen molar-refractivity contribution in [1.82, 2.24) is 30.2 Å². The molecule has 8 nitrogen and oxygen atoms in total. The van der Waals surface area contributed by atoms with E-state index in [0.717, 1.165) is 16.6 Å². The Labute approximate surface area is 165 Å². The van der Waals surface area contributed by atoms with Crippen molar-refractivity contribution in [1.29, 1.82) is 0 Å². The molecule has 0 N–H and O–H groups in total. The van der Waals surface area contributed by atoms with Crippen LogP contribution in [0, 0.1) is 0 Å². The maximum absolute atomic E-state index is 12.7. The molecule has 3 heterocycles. The molecule has 0 bridgehead atoms. The Kier molecular flexibility index (Phi) is 4.05. The van der Waals surface area contributed by atoms with Gasteiger partial charge in [-0.05, 0) is 34.7 Å². The third-order valence-electron chi connectivity index (χ3n) is 5.01. The second-order valence-corrected chi connectivity index (χ2v) is 7.08. The predicted octanol–water partition coefficient (Wildman–Crippen LogP) is 2.29. The fraction of sp³-hybridized carbons (Fsp3) is 0.211. The van der Waals surface area contributed by atoms with E-state index in [2.05, 4.69) is 25.5 Å². The lowest BCUT2D eigenvalue weighted by molar-refractivity contribution is 0.0746. The maximum atomic E-state index is 12.7. The van der Waals surface area contributed by atoms with Crippen molar-refractivity contribution in [2.75, 3.05) is 31.1 Å². The monoisotopic (exact) mass is 393 g/mol. The molecule has 1 amide bonds. The zero-order valence-corrected chi connectivity index (χ0v) is 15.6. The van der Waals surface area contributed by atoms with Gasteiger partial charge in [-0.3, -0.25) is 4.79 Å². The highest BCUT2D eigenvalue weighted by Crippen LogP contribution is 2.27. The number of tetrazole rings is 1. The normalized spacial score (nSPS) is 14.8. The molecule has 0 spiro atoms. The Bertz CT molecular complexity index is 1170. The minimum absolute atomic E-state index is 0.0186. The highest BCUT2D eigenvalue weighted by Gasteiger charge is 2.25. The molecule has 140 valence electrons. The Hall–Kier alpha value is -3.26. The Morgan fingerprint density at radius 3 is 2.39 bits per heavy atom. The van der Waals surface area contributed by atoms with Crippen LogP contribution < -0.4 is 4.90 Å². The molecular formula is C19H16ClN7O. The number of benzene rings is 2. The highest BCUT2D eigenvalue weighted by molar-refractivity contribution is 6.30. The average molecular weight is 394 g/mol. The van der Waals surface area contributed by atoms with E-state index in [1.54, 1.807) is 24.3 Å². The third-order valence-corrected chi connectivity index (χ3v) is 5.26. The summed E-state index contributed by atoms with van der Waals surface area (Å²) in [4.78, 5) is 16.8. The Balaban J connectivity index is 1.41. The molecule has 0 aliphatic carbocycles. The standard InChI is InChI=1S/C19H16ClN7O/c20-14-7-5-13(6-8-14)19(28)26-11-9-25(10-12-26)18-16-4-2-1-3-15(16)17-21-23-24-27(17)22-18/h1-8H,9-12H2. The maximum Gasteiger partial charge on any atom is 0.253 e. The summed E-state index contributed by atoms with van der Waals surface area (Å²) >= 11 is 5.92. The van der Waals surface area contributed by atoms with E-state index in [-0.39, 0.29) is 5.91 Å². The molecule has 1 fully saturated rings. The van der Waals surface area contributed by atoms with Crippen LogP contribution in [0.2, 0.25) is 5.02 Å². The zero-order chi connectivity index (χ0) is 19.1. The van der Waals surface area contributed by atoms with Crippen LogP contribution in [-0.2, 0) is 0 Å². The topological polar surface area (TPSA) is 79.5 Å². The van der Waals surface area contributed by atoms with Gasteiger partial charge in [0.25, 0.3) is 5.91 Å². The summed E-state index contributed by atoms with van der Waals surface area (Å²) in [5, 5.41) is 18.9. The van der Waals surface area contributed by atoms with E-state index >= 15 is 0 Å². The number of carbonyl (C=O) groups excluding carboxylic acids is 1. The number of hydrogen-bond acceptors (Lipinski definition) is 6. The van der Waals surface area contributed by atoms with Gasteiger partial charge in [-0.25, -0.2) is 0 Å². The van der Waals surface area contributed by atoms with Crippen LogP contribution in [-0.4, -0.2) is 62.2 Å². The molecule has 2 aromatic carbocycles. The van der Waals surface area contributed by atoms with Crippen LogP contribution in [0.15, 0.2) is 48.5 Å². The SMILES string of the molecule is O=C(c1ccc(Cl)cc1)N1CCN(c2nn3nnnc3c3ccccc23)CC1. The van der Waals surface area contributed by atoms with Gasteiger partial charge in [0.1, 0.15) is 0 Å². The van der Waals surface area contributed by atoms with Crippen molar-refractivity contribution in [3.05, 3.63) is 59.1 Å². The average Bonchev–Trinajstić information content (AvgIpc) is 3.22. The molecule has 1 aliphatic heterocycles. The Morgan fingerprint density at radius 1 is 0.929 bits per heavy atom. The zero-order valence-electron chi connectivity index (χ0n) is 14.9. The molecule has 9 heteroatoms. The van der Waals surface area contributed by atoms with Crippen LogP contribution in [0.5, 0.6) is 0 Å². The number of hydrogen-bond donors (Lipinski definition) is 0. The fourth-order valence-electron chi connectivity index (χ4n) is 3.56. The first-order valence-corrected chi connectivity index (χ1v) is 9.35. The number of fused-ring (bicyclic) bond motifs is 3. The molecule has 0 saturated carbocycles. The molecule has 1 saturated heterocycles. The first-order chi connectivity index (χ1) is 13.7. The van der Waals surface area contributed by atoms with Crippen LogP contribution in [0.4, 0.5) is 5.82 Å². The predicted molar refractivity (Wildman–Crippen MR) is 106 cm³/mol. The number of aromatic nitrogens is 5. The number of piperazine rings is 1. The Morgan fingerprint density at radius 2 is 1.64 bits per heavy atom. The summed E-state index contributed by atoms with van der Waals surface area (Å²) in [6, 6.07) is 15.0. The number of carbonyl (C=O) groups is 1. The first kappa shape index (κ1) is 16.9. The molecule has 0 unspecified atom stereocenters. The van der Waals surface area contributed by atoms with Crippen LogP contribution in [0.25, 0.3) is 16.4 Å². The van der Waals surface area contributed by atoms with Crippen molar-refractivity contribution in [2.45, 2.75) is 0 Å². The second kappa shape index (κ2) is 6.72.